The van der Waals surface area contributed by atoms with Crippen molar-refractivity contribution in [1.29, 1.82) is 0 Å². The van der Waals surface area contributed by atoms with Crippen LogP contribution in [-0.4, -0.2) is 38.0 Å². The molecule has 5 nitrogen and oxygen atoms in total. The van der Waals surface area contributed by atoms with Crippen LogP contribution in [0.3, 0.4) is 0 Å². The summed E-state index contributed by atoms with van der Waals surface area (Å²) in [5, 5.41) is 5.12. The number of imide groups is 1. The zero-order valence-electron chi connectivity index (χ0n) is 15.7. The van der Waals surface area contributed by atoms with E-state index in [1.54, 1.807) is 0 Å². The zero-order valence-corrected chi connectivity index (χ0v) is 15.7. The Labute approximate surface area is 163 Å². The number of para-hydroxylation sites is 1. The van der Waals surface area contributed by atoms with Gasteiger partial charge in [-0.2, -0.15) is 0 Å². The van der Waals surface area contributed by atoms with Gasteiger partial charge in [-0.05, 0) is 36.8 Å². The van der Waals surface area contributed by atoms with Crippen LogP contribution in [0.15, 0.2) is 54.6 Å². The first-order valence-electron chi connectivity index (χ1n) is 9.62. The second-order valence-electron chi connectivity index (χ2n) is 7.33. The van der Waals surface area contributed by atoms with Gasteiger partial charge in [0.05, 0.1) is 5.69 Å². The number of aryl methyl sites for hydroxylation is 1. The average Bonchev–Trinajstić information content (AvgIpc) is 2.73. The smallest absolute Gasteiger partial charge is 0.265 e. The maximum absolute atomic E-state index is 13.3. The molecule has 0 atom stereocenters. The maximum atomic E-state index is 13.3. The lowest BCUT2D eigenvalue weighted by Crippen LogP contribution is -2.44. The number of carbonyl (C=O) groups excluding carboxylic acids is 2. The van der Waals surface area contributed by atoms with Gasteiger partial charge >= 0.3 is 0 Å². The summed E-state index contributed by atoms with van der Waals surface area (Å²) in [5.41, 5.74) is 3.82. The number of amides is 2. The molecule has 2 aliphatic rings. The highest BCUT2D eigenvalue weighted by atomic mass is 16.2. The van der Waals surface area contributed by atoms with Crippen molar-refractivity contribution in [3.63, 3.8) is 0 Å². The summed E-state index contributed by atoms with van der Waals surface area (Å²) in [6, 6.07) is 17.2. The topological polar surface area (TPSA) is 52.7 Å². The molecule has 0 radical (unpaired) electrons. The number of hydrogen-bond acceptors (Lipinski definition) is 4. The quantitative estimate of drug-likeness (QED) is 0.702. The summed E-state index contributed by atoms with van der Waals surface area (Å²) >= 11 is 0. The number of nitrogens with zero attached hydrogens (tertiary/aromatic N) is 2. The number of carbonyl (C=O) groups is 2. The highest BCUT2D eigenvalue weighted by Gasteiger charge is 2.35. The molecule has 1 fully saturated rings. The molecule has 140 valence electrons. The Hall–Kier alpha value is -3.18. The molecule has 0 saturated carbocycles. The lowest BCUT2D eigenvalue weighted by Gasteiger charge is -2.33. The van der Waals surface area contributed by atoms with E-state index in [1.165, 1.54) is 4.90 Å². The lowest BCUT2D eigenvalue weighted by molar-refractivity contribution is 0.0893. The molecular weight excluding hydrogens is 350 g/mol. The third-order valence-electron chi connectivity index (χ3n) is 5.70. The van der Waals surface area contributed by atoms with E-state index >= 15 is 0 Å². The van der Waals surface area contributed by atoms with Gasteiger partial charge in [0.1, 0.15) is 0 Å². The first-order valence-corrected chi connectivity index (χ1v) is 9.62. The van der Waals surface area contributed by atoms with Crippen LogP contribution in [0.1, 0.15) is 26.3 Å². The Morgan fingerprint density at radius 2 is 1.50 bits per heavy atom. The van der Waals surface area contributed by atoms with E-state index in [-0.39, 0.29) is 11.8 Å². The van der Waals surface area contributed by atoms with Gasteiger partial charge in [-0.1, -0.05) is 30.3 Å². The van der Waals surface area contributed by atoms with Crippen molar-refractivity contribution in [3.05, 3.63) is 71.3 Å². The van der Waals surface area contributed by atoms with Crippen LogP contribution >= 0.6 is 0 Å². The van der Waals surface area contributed by atoms with Gasteiger partial charge in [0.15, 0.2) is 0 Å². The van der Waals surface area contributed by atoms with Crippen LogP contribution in [0.2, 0.25) is 0 Å². The number of piperazine rings is 1. The number of nitrogens with one attached hydrogen (secondary N) is 1. The van der Waals surface area contributed by atoms with E-state index in [0.29, 0.717) is 16.8 Å². The van der Waals surface area contributed by atoms with Crippen molar-refractivity contribution in [3.8, 4) is 0 Å². The van der Waals surface area contributed by atoms with Crippen molar-refractivity contribution >= 4 is 34.0 Å². The van der Waals surface area contributed by atoms with Crippen LogP contribution in [0.25, 0.3) is 10.8 Å². The van der Waals surface area contributed by atoms with E-state index in [9.17, 15) is 9.59 Å². The van der Waals surface area contributed by atoms with Gasteiger partial charge in [0.2, 0.25) is 0 Å². The normalized spacial score (nSPS) is 16.8. The van der Waals surface area contributed by atoms with Crippen LogP contribution < -0.4 is 15.1 Å². The summed E-state index contributed by atoms with van der Waals surface area (Å²) in [7, 11) is 0. The molecule has 0 unspecified atom stereocenters. The van der Waals surface area contributed by atoms with Crippen molar-refractivity contribution in [2.45, 2.75) is 6.92 Å². The maximum Gasteiger partial charge on any atom is 0.265 e. The van der Waals surface area contributed by atoms with Crippen LogP contribution in [0.5, 0.6) is 0 Å². The number of benzene rings is 3. The molecule has 3 aromatic carbocycles. The summed E-state index contributed by atoms with van der Waals surface area (Å²) in [5.74, 6) is -0.510. The summed E-state index contributed by atoms with van der Waals surface area (Å²) in [6.45, 7) is 5.61. The van der Waals surface area contributed by atoms with E-state index in [4.69, 9.17) is 0 Å². The predicted molar refractivity (Wildman–Crippen MR) is 111 cm³/mol. The van der Waals surface area contributed by atoms with E-state index in [1.807, 2.05) is 61.5 Å². The zero-order chi connectivity index (χ0) is 19.3. The highest BCUT2D eigenvalue weighted by Crippen LogP contribution is 2.38. The molecule has 1 N–H and O–H groups in total. The molecular formula is C23H21N3O2. The van der Waals surface area contributed by atoms with Gasteiger partial charge in [0, 0.05) is 53.8 Å². The first kappa shape index (κ1) is 17.0. The Bertz CT molecular complexity index is 1090. The molecule has 0 aliphatic carbocycles. The van der Waals surface area contributed by atoms with Crippen LogP contribution in [0, 0.1) is 6.92 Å². The van der Waals surface area contributed by atoms with Crippen molar-refractivity contribution in [2.24, 2.45) is 0 Å². The van der Waals surface area contributed by atoms with E-state index in [0.717, 1.165) is 48.2 Å². The molecule has 0 spiro atoms. The molecule has 3 aromatic rings. The van der Waals surface area contributed by atoms with Gasteiger partial charge in [-0.25, -0.2) is 4.90 Å². The van der Waals surface area contributed by atoms with E-state index < -0.39 is 0 Å². The van der Waals surface area contributed by atoms with Crippen molar-refractivity contribution in [2.75, 3.05) is 36.0 Å². The Morgan fingerprint density at radius 1 is 0.786 bits per heavy atom. The standard InChI is InChI=1S/C23H21N3O2/c1-15-5-2-3-8-19(15)26-22(27)17-7-4-6-16-20(25-13-11-24-12-14-25)10-9-18(21(16)17)23(26)28/h2-10,24H,11-14H2,1H3. The first-order chi connectivity index (χ1) is 13.7. The van der Waals surface area contributed by atoms with Crippen molar-refractivity contribution in [1.82, 2.24) is 5.32 Å². The molecule has 0 aromatic heterocycles. The second kappa shape index (κ2) is 6.46. The average molecular weight is 371 g/mol. The monoisotopic (exact) mass is 371 g/mol. The minimum absolute atomic E-state index is 0.255. The SMILES string of the molecule is Cc1ccccc1N1C(=O)c2cccc3c(N4CCNCC4)ccc(c23)C1=O. The Kier molecular flexibility index (Phi) is 3.91. The molecule has 5 rings (SSSR count). The van der Waals surface area contributed by atoms with Gasteiger partial charge < -0.3 is 10.2 Å². The molecule has 1 saturated heterocycles. The number of rotatable bonds is 2. The minimum atomic E-state index is -0.255. The third kappa shape index (κ3) is 2.43. The summed E-state index contributed by atoms with van der Waals surface area (Å²) < 4.78 is 0. The van der Waals surface area contributed by atoms with Gasteiger partial charge in [0.25, 0.3) is 11.8 Å². The number of anilines is 2. The molecule has 5 heteroatoms. The largest absolute Gasteiger partial charge is 0.368 e. The Morgan fingerprint density at radius 3 is 2.25 bits per heavy atom. The van der Waals surface area contributed by atoms with E-state index in [2.05, 4.69) is 10.2 Å². The fourth-order valence-corrected chi connectivity index (χ4v) is 4.30. The highest BCUT2D eigenvalue weighted by molar-refractivity contribution is 6.36. The fourth-order valence-electron chi connectivity index (χ4n) is 4.30. The van der Waals surface area contributed by atoms with Crippen molar-refractivity contribution < 1.29 is 9.59 Å². The minimum Gasteiger partial charge on any atom is -0.368 e. The molecule has 2 amide bonds. The van der Waals surface area contributed by atoms with Gasteiger partial charge in [-0.15, -0.1) is 0 Å². The Balaban J connectivity index is 1.70. The molecule has 2 heterocycles. The predicted octanol–water partition coefficient (Wildman–Crippen LogP) is 3.36. The van der Waals surface area contributed by atoms with Crippen LogP contribution in [-0.2, 0) is 0 Å². The number of hydrogen-bond donors (Lipinski definition) is 1. The van der Waals surface area contributed by atoms with Crippen LogP contribution in [0.4, 0.5) is 11.4 Å². The summed E-state index contributed by atoms with van der Waals surface area (Å²) in [6.07, 6.45) is 0. The fraction of sp³-hybridized carbons (Fsp3) is 0.217. The second-order valence-corrected chi connectivity index (χ2v) is 7.33. The van der Waals surface area contributed by atoms with Gasteiger partial charge in [-0.3, -0.25) is 9.59 Å². The lowest BCUT2D eigenvalue weighted by atomic mass is 9.92. The summed E-state index contributed by atoms with van der Waals surface area (Å²) in [4.78, 5) is 30.3. The molecule has 0 bridgehead atoms. The molecule has 28 heavy (non-hydrogen) atoms. The molecule has 2 aliphatic heterocycles. The third-order valence-corrected chi connectivity index (χ3v) is 5.70.